The monoisotopic (exact) mass is 549 g/mol. The first kappa shape index (κ1) is 24.2. The van der Waals surface area contributed by atoms with Crippen LogP contribution >= 0.6 is 15.9 Å². The molecule has 6 heteroatoms. The summed E-state index contributed by atoms with van der Waals surface area (Å²) >= 11 is 3.50. The van der Waals surface area contributed by atoms with E-state index in [1.165, 1.54) is 11.1 Å². The van der Waals surface area contributed by atoms with Crippen LogP contribution in [-0.2, 0) is 16.1 Å². The highest BCUT2D eigenvalue weighted by atomic mass is 79.9. The maximum atomic E-state index is 13.5. The fraction of sp³-hybridized carbons (Fsp3) is 0.533. The Morgan fingerprint density at radius 2 is 1.61 bits per heavy atom. The van der Waals surface area contributed by atoms with Crippen molar-refractivity contribution in [3.05, 3.63) is 70.2 Å². The van der Waals surface area contributed by atoms with Crippen molar-refractivity contribution in [1.82, 2.24) is 14.7 Å². The summed E-state index contributed by atoms with van der Waals surface area (Å²) in [5.74, 6) is 1.87. The molecule has 0 N–H and O–H groups in total. The summed E-state index contributed by atoms with van der Waals surface area (Å²) < 4.78 is 1.07. The van der Waals surface area contributed by atoms with Gasteiger partial charge in [0.15, 0.2) is 0 Å². The lowest BCUT2D eigenvalue weighted by Crippen LogP contribution is -2.46. The minimum Gasteiger partial charge on any atom is -0.341 e. The fourth-order valence-electron chi connectivity index (χ4n) is 6.72. The lowest BCUT2D eigenvalue weighted by atomic mass is 9.76. The molecule has 4 fully saturated rings. The SMILES string of the molecule is O=C(C1CC1)N1CC(c2ccccc2)[C@@H](CN2CCC3(CC2)CCN(Cc2ccc(Br)cc2)C3=O)C1. The van der Waals surface area contributed by atoms with Crippen molar-refractivity contribution >= 4 is 27.7 Å². The predicted molar refractivity (Wildman–Crippen MR) is 144 cm³/mol. The van der Waals surface area contributed by atoms with Gasteiger partial charge >= 0.3 is 0 Å². The van der Waals surface area contributed by atoms with Crippen molar-refractivity contribution in [2.45, 2.75) is 44.6 Å². The minimum atomic E-state index is -0.172. The molecule has 3 saturated heterocycles. The Labute approximate surface area is 223 Å². The highest BCUT2D eigenvalue weighted by molar-refractivity contribution is 9.10. The van der Waals surface area contributed by atoms with Crippen molar-refractivity contribution in [1.29, 1.82) is 0 Å². The van der Waals surface area contributed by atoms with Gasteiger partial charge in [-0.05, 0) is 74.4 Å². The van der Waals surface area contributed by atoms with Crippen molar-refractivity contribution in [3.63, 3.8) is 0 Å². The summed E-state index contributed by atoms with van der Waals surface area (Å²) in [7, 11) is 0. The van der Waals surface area contributed by atoms with Crippen molar-refractivity contribution in [2.24, 2.45) is 17.3 Å². The van der Waals surface area contributed by atoms with E-state index in [1.54, 1.807) is 0 Å². The molecule has 1 aliphatic carbocycles. The van der Waals surface area contributed by atoms with Gasteiger partial charge in [0.25, 0.3) is 0 Å². The molecule has 0 bridgehead atoms. The van der Waals surface area contributed by atoms with Crippen molar-refractivity contribution < 1.29 is 9.59 Å². The van der Waals surface area contributed by atoms with E-state index >= 15 is 0 Å². The number of hydrogen-bond acceptors (Lipinski definition) is 3. The number of rotatable bonds is 6. The topological polar surface area (TPSA) is 43.9 Å². The lowest BCUT2D eigenvalue weighted by molar-refractivity contribution is -0.139. The zero-order valence-corrected chi connectivity index (χ0v) is 22.5. The molecule has 36 heavy (non-hydrogen) atoms. The number of benzene rings is 2. The zero-order valence-electron chi connectivity index (χ0n) is 20.9. The van der Waals surface area contributed by atoms with Crippen LogP contribution in [0.4, 0.5) is 0 Å². The number of carbonyl (C=O) groups is 2. The van der Waals surface area contributed by atoms with Gasteiger partial charge in [-0.1, -0.05) is 58.4 Å². The summed E-state index contributed by atoms with van der Waals surface area (Å²) in [4.78, 5) is 33.1. The van der Waals surface area contributed by atoms with Crippen LogP contribution in [0.5, 0.6) is 0 Å². The predicted octanol–water partition coefficient (Wildman–Crippen LogP) is 4.92. The third kappa shape index (κ3) is 4.87. The van der Waals surface area contributed by atoms with E-state index in [0.717, 1.165) is 75.8 Å². The number of nitrogens with zero attached hydrogens (tertiary/aromatic N) is 3. The van der Waals surface area contributed by atoms with Gasteiger partial charge < -0.3 is 14.7 Å². The number of piperidine rings is 1. The molecule has 0 aromatic heterocycles. The third-order valence-corrected chi connectivity index (χ3v) is 9.63. The Morgan fingerprint density at radius 3 is 2.31 bits per heavy atom. The van der Waals surface area contributed by atoms with Crippen LogP contribution in [0.2, 0.25) is 0 Å². The molecule has 1 unspecified atom stereocenters. The Kier molecular flexibility index (Phi) is 6.67. The highest BCUT2D eigenvalue weighted by Gasteiger charge is 2.49. The average molecular weight is 551 g/mol. The number of hydrogen-bond donors (Lipinski definition) is 0. The number of amides is 2. The molecule has 190 valence electrons. The second kappa shape index (κ2) is 9.94. The van der Waals surface area contributed by atoms with Gasteiger partial charge in [0, 0.05) is 49.0 Å². The number of likely N-dealkylation sites (tertiary alicyclic amines) is 3. The molecule has 2 aromatic carbocycles. The maximum absolute atomic E-state index is 13.5. The number of carbonyl (C=O) groups excluding carboxylic acids is 2. The van der Waals surface area contributed by atoms with Crippen LogP contribution in [0.25, 0.3) is 0 Å². The summed E-state index contributed by atoms with van der Waals surface area (Å²) in [5.41, 5.74) is 2.38. The molecule has 2 aromatic rings. The van der Waals surface area contributed by atoms with Crippen molar-refractivity contribution in [3.8, 4) is 0 Å². The quantitative estimate of drug-likeness (QED) is 0.513. The lowest BCUT2D eigenvalue weighted by Gasteiger charge is -2.39. The van der Waals surface area contributed by atoms with E-state index < -0.39 is 0 Å². The molecule has 3 aliphatic heterocycles. The Morgan fingerprint density at radius 1 is 0.917 bits per heavy atom. The normalized spacial score (nSPS) is 26.2. The van der Waals surface area contributed by atoms with Crippen LogP contribution in [0, 0.1) is 17.3 Å². The van der Waals surface area contributed by atoms with Crippen LogP contribution in [0.1, 0.15) is 49.1 Å². The van der Waals surface area contributed by atoms with Gasteiger partial charge in [0.1, 0.15) is 0 Å². The third-order valence-electron chi connectivity index (χ3n) is 9.10. The van der Waals surface area contributed by atoms with E-state index in [-0.39, 0.29) is 11.3 Å². The highest BCUT2D eigenvalue weighted by Crippen LogP contribution is 2.43. The summed E-state index contributed by atoms with van der Waals surface area (Å²) in [6, 6.07) is 19.1. The zero-order chi connectivity index (χ0) is 24.7. The first-order valence-electron chi connectivity index (χ1n) is 13.6. The average Bonchev–Trinajstić information content (AvgIpc) is 3.61. The second-order valence-corrected chi connectivity index (χ2v) is 12.4. The molecule has 3 heterocycles. The number of halogens is 1. The largest absolute Gasteiger partial charge is 0.341 e. The molecular formula is C30H36BrN3O2. The van der Waals surface area contributed by atoms with E-state index in [9.17, 15) is 9.59 Å². The minimum absolute atomic E-state index is 0.172. The second-order valence-electron chi connectivity index (χ2n) is 11.5. The van der Waals surface area contributed by atoms with E-state index in [0.29, 0.717) is 30.2 Å². The van der Waals surface area contributed by atoms with Gasteiger partial charge in [0.05, 0.1) is 5.41 Å². The van der Waals surface area contributed by atoms with E-state index in [4.69, 9.17) is 0 Å². The summed E-state index contributed by atoms with van der Waals surface area (Å²) in [6.45, 7) is 6.27. The van der Waals surface area contributed by atoms with E-state index in [1.807, 2.05) is 0 Å². The van der Waals surface area contributed by atoms with Crippen LogP contribution in [-0.4, -0.2) is 65.8 Å². The molecule has 1 spiro atoms. The Bertz CT molecular complexity index is 1090. The first-order chi connectivity index (χ1) is 17.5. The van der Waals surface area contributed by atoms with Crippen molar-refractivity contribution in [2.75, 3.05) is 39.3 Å². The Balaban J connectivity index is 1.08. The van der Waals surface area contributed by atoms with Gasteiger partial charge in [-0.25, -0.2) is 0 Å². The molecule has 2 atom stereocenters. The fourth-order valence-corrected chi connectivity index (χ4v) is 6.98. The van der Waals surface area contributed by atoms with Gasteiger partial charge in [0.2, 0.25) is 11.8 Å². The molecule has 2 amide bonds. The smallest absolute Gasteiger partial charge is 0.229 e. The Hall–Kier alpha value is -2.18. The van der Waals surface area contributed by atoms with Crippen LogP contribution in [0.15, 0.2) is 59.1 Å². The molecule has 4 aliphatic rings. The molecule has 1 saturated carbocycles. The molecule has 0 radical (unpaired) electrons. The van der Waals surface area contributed by atoms with Crippen LogP contribution in [0.3, 0.4) is 0 Å². The van der Waals surface area contributed by atoms with Gasteiger partial charge in [-0.2, -0.15) is 0 Å². The van der Waals surface area contributed by atoms with E-state index in [2.05, 4.69) is 85.2 Å². The van der Waals surface area contributed by atoms with Crippen LogP contribution < -0.4 is 0 Å². The van der Waals surface area contributed by atoms with Gasteiger partial charge in [-0.15, -0.1) is 0 Å². The standard InChI is InChI=1S/C30H36BrN3O2/c31-26-10-6-22(7-11-26)18-33-17-14-30(29(33)36)12-15-32(16-13-30)19-25-20-34(28(35)24-8-9-24)21-27(25)23-4-2-1-3-5-23/h1-7,10-11,24-25,27H,8-9,12-21H2/t25-,27?/m0/s1. The molecular weight excluding hydrogens is 514 g/mol. The maximum Gasteiger partial charge on any atom is 0.229 e. The van der Waals surface area contributed by atoms with Gasteiger partial charge in [-0.3, -0.25) is 9.59 Å². The summed E-state index contributed by atoms with van der Waals surface area (Å²) in [6.07, 6.45) is 5.02. The summed E-state index contributed by atoms with van der Waals surface area (Å²) in [5, 5.41) is 0. The first-order valence-corrected chi connectivity index (χ1v) is 14.4. The molecule has 6 rings (SSSR count). The molecule has 5 nitrogen and oxygen atoms in total.